The van der Waals surface area contributed by atoms with Gasteiger partial charge in [0.15, 0.2) is 0 Å². The van der Waals surface area contributed by atoms with Crippen LogP contribution in [0.2, 0.25) is 0 Å². The third-order valence-electron chi connectivity index (χ3n) is 2.84. The summed E-state index contributed by atoms with van der Waals surface area (Å²) in [6, 6.07) is 1.87. The lowest BCUT2D eigenvalue weighted by Gasteiger charge is -2.21. The number of nitrogens with one attached hydrogen (secondary N) is 1. The molecule has 6 heteroatoms. The first kappa shape index (κ1) is 14.2. The molecular formula is C12H20N4O2. The minimum absolute atomic E-state index is 0.315. The predicted octanol–water partition coefficient (Wildman–Crippen LogP) is 0.812. The number of aromatic nitrogens is 1. The number of anilines is 2. The van der Waals surface area contributed by atoms with Crippen molar-refractivity contribution in [3.8, 4) is 0 Å². The van der Waals surface area contributed by atoms with E-state index in [0.29, 0.717) is 29.7 Å². The fourth-order valence-electron chi connectivity index (χ4n) is 1.33. The molecule has 1 heterocycles. The SMILES string of the molecule is COC(=O)c1ccnc(NCC(C)N(C)C)c1N. The number of pyridine rings is 1. The molecule has 0 spiro atoms. The second-order valence-electron chi connectivity index (χ2n) is 4.31. The van der Waals surface area contributed by atoms with Crippen molar-refractivity contribution < 1.29 is 9.53 Å². The summed E-state index contributed by atoms with van der Waals surface area (Å²) in [6.45, 7) is 2.77. The van der Waals surface area contributed by atoms with Gasteiger partial charge in [0.2, 0.25) is 0 Å². The van der Waals surface area contributed by atoms with Gasteiger partial charge in [-0.3, -0.25) is 0 Å². The summed E-state index contributed by atoms with van der Waals surface area (Å²) in [4.78, 5) is 17.7. The van der Waals surface area contributed by atoms with Gasteiger partial charge in [0.1, 0.15) is 5.82 Å². The van der Waals surface area contributed by atoms with Crippen LogP contribution in [0, 0.1) is 0 Å². The molecule has 18 heavy (non-hydrogen) atoms. The molecule has 0 aliphatic carbocycles. The summed E-state index contributed by atoms with van der Waals surface area (Å²) in [6.07, 6.45) is 1.53. The van der Waals surface area contributed by atoms with Gasteiger partial charge in [-0.05, 0) is 27.1 Å². The largest absolute Gasteiger partial charge is 0.465 e. The normalized spacial score (nSPS) is 12.3. The molecule has 0 saturated carbocycles. The maximum absolute atomic E-state index is 11.5. The monoisotopic (exact) mass is 252 g/mol. The van der Waals surface area contributed by atoms with Crippen molar-refractivity contribution in [1.82, 2.24) is 9.88 Å². The van der Waals surface area contributed by atoms with Gasteiger partial charge >= 0.3 is 5.97 Å². The Morgan fingerprint density at radius 1 is 1.61 bits per heavy atom. The summed E-state index contributed by atoms with van der Waals surface area (Å²) in [5, 5.41) is 3.13. The van der Waals surface area contributed by atoms with Crippen molar-refractivity contribution in [2.45, 2.75) is 13.0 Å². The van der Waals surface area contributed by atoms with Crippen LogP contribution in [0.4, 0.5) is 11.5 Å². The van der Waals surface area contributed by atoms with E-state index in [4.69, 9.17) is 5.73 Å². The summed E-state index contributed by atoms with van der Waals surface area (Å²) < 4.78 is 4.65. The molecule has 0 aliphatic heterocycles. The van der Waals surface area contributed by atoms with Crippen LogP contribution >= 0.6 is 0 Å². The zero-order valence-corrected chi connectivity index (χ0v) is 11.2. The highest BCUT2D eigenvalue weighted by Gasteiger charge is 2.14. The fraction of sp³-hybridized carbons (Fsp3) is 0.500. The topological polar surface area (TPSA) is 80.5 Å². The average Bonchev–Trinajstić information content (AvgIpc) is 2.36. The van der Waals surface area contributed by atoms with Crippen LogP contribution < -0.4 is 11.1 Å². The Kier molecular flexibility index (Phi) is 4.91. The Balaban J connectivity index is 2.81. The first-order valence-electron chi connectivity index (χ1n) is 5.70. The van der Waals surface area contributed by atoms with Crippen molar-refractivity contribution >= 4 is 17.5 Å². The van der Waals surface area contributed by atoms with Crippen molar-refractivity contribution in [3.05, 3.63) is 17.8 Å². The number of rotatable bonds is 5. The second-order valence-corrected chi connectivity index (χ2v) is 4.31. The number of methoxy groups -OCH3 is 1. The Morgan fingerprint density at radius 2 is 2.28 bits per heavy atom. The molecule has 1 aromatic rings. The Morgan fingerprint density at radius 3 is 2.83 bits per heavy atom. The number of ether oxygens (including phenoxy) is 1. The van der Waals surface area contributed by atoms with Crippen LogP contribution in [0.15, 0.2) is 12.3 Å². The molecule has 0 saturated heterocycles. The molecule has 0 aliphatic rings. The molecule has 1 atom stereocenters. The van der Waals surface area contributed by atoms with Crippen LogP contribution in [0.5, 0.6) is 0 Å². The molecule has 1 rings (SSSR count). The molecule has 0 fully saturated rings. The fourth-order valence-corrected chi connectivity index (χ4v) is 1.33. The van der Waals surface area contributed by atoms with E-state index >= 15 is 0 Å². The maximum Gasteiger partial charge on any atom is 0.340 e. The van der Waals surface area contributed by atoms with Crippen molar-refractivity contribution in [3.63, 3.8) is 0 Å². The van der Waals surface area contributed by atoms with E-state index in [1.807, 2.05) is 14.1 Å². The summed E-state index contributed by atoms with van der Waals surface area (Å²) >= 11 is 0. The highest BCUT2D eigenvalue weighted by atomic mass is 16.5. The molecule has 1 unspecified atom stereocenters. The van der Waals surface area contributed by atoms with E-state index in [1.54, 1.807) is 6.07 Å². The van der Waals surface area contributed by atoms with E-state index in [0.717, 1.165) is 0 Å². The molecule has 1 aromatic heterocycles. The van der Waals surface area contributed by atoms with Crippen molar-refractivity contribution in [2.75, 3.05) is 38.8 Å². The molecule has 0 radical (unpaired) electrons. The van der Waals surface area contributed by atoms with E-state index < -0.39 is 5.97 Å². The lowest BCUT2D eigenvalue weighted by Crippen LogP contribution is -2.32. The number of nitrogen functional groups attached to an aromatic ring is 1. The number of carbonyl (C=O) groups excluding carboxylic acids is 1. The van der Waals surface area contributed by atoms with E-state index in [1.165, 1.54) is 13.3 Å². The van der Waals surface area contributed by atoms with Gasteiger partial charge in [0, 0.05) is 18.8 Å². The third-order valence-corrected chi connectivity index (χ3v) is 2.84. The van der Waals surface area contributed by atoms with Gasteiger partial charge in [-0.25, -0.2) is 9.78 Å². The minimum atomic E-state index is -0.460. The van der Waals surface area contributed by atoms with Crippen LogP contribution in [0.25, 0.3) is 0 Å². The third kappa shape index (κ3) is 3.33. The van der Waals surface area contributed by atoms with Gasteiger partial charge in [0.25, 0.3) is 0 Å². The number of nitrogens with two attached hydrogens (primary N) is 1. The minimum Gasteiger partial charge on any atom is -0.465 e. The lowest BCUT2D eigenvalue weighted by molar-refractivity contribution is 0.0602. The van der Waals surface area contributed by atoms with E-state index in [2.05, 4.69) is 26.9 Å². The summed E-state index contributed by atoms with van der Waals surface area (Å²) in [7, 11) is 5.31. The molecule has 0 aromatic carbocycles. The van der Waals surface area contributed by atoms with Crippen LogP contribution in [-0.4, -0.2) is 49.6 Å². The lowest BCUT2D eigenvalue weighted by atomic mass is 10.2. The molecule has 0 bridgehead atoms. The molecule has 6 nitrogen and oxygen atoms in total. The van der Waals surface area contributed by atoms with Crippen molar-refractivity contribution in [2.24, 2.45) is 0 Å². The first-order valence-corrected chi connectivity index (χ1v) is 5.70. The van der Waals surface area contributed by atoms with Gasteiger partial charge in [-0.15, -0.1) is 0 Å². The van der Waals surface area contributed by atoms with E-state index in [-0.39, 0.29) is 0 Å². The Hall–Kier alpha value is -1.82. The number of esters is 1. The summed E-state index contributed by atoms with van der Waals surface area (Å²) in [5.74, 6) is 0.0465. The zero-order valence-electron chi connectivity index (χ0n) is 11.2. The first-order chi connectivity index (χ1) is 8.47. The van der Waals surface area contributed by atoms with Gasteiger partial charge in [-0.2, -0.15) is 0 Å². The molecule has 3 N–H and O–H groups in total. The van der Waals surface area contributed by atoms with Crippen LogP contribution in [0.3, 0.4) is 0 Å². The summed E-state index contributed by atoms with van der Waals surface area (Å²) in [5.41, 5.74) is 6.52. The van der Waals surface area contributed by atoms with Gasteiger partial charge in [-0.1, -0.05) is 0 Å². The Labute approximate surface area is 107 Å². The van der Waals surface area contributed by atoms with Crippen LogP contribution in [-0.2, 0) is 4.74 Å². The highest BCUT2D eigenvalue weighted by molar-refractivity contribution is 5.97. The standard InChI is InChI=1S/C12H20N4O2/c1-8(16(2)3)7-15-11-10(13)9(5-6-14-11)12(17)18-4/h5-6,8H,7,13H2,1-4H3,(H,14,15). The van der Waals surface area contributed by atoms with Gasteiger partial charge < -0.3 is 20.7 Å². The molecule has 100 valence electrons. The molecule has 0 amide bonds. The number of carbonyl (C=O) groups is 1. The van der Waals surface area contributed by atoms with E-state index in [9.17, 15) is 4.79 Å². The quantitative estimate of drug-likeness (QED) is 0.755. The van der Waals surface area contributed by atoms with Crippen molar-refractivity contribution in [1.29, 1.82) is 0 Å². The highest BCUT2D eigenvalue weighted by Crippen LogP contribution is 2.20. The number of likely N-dealkylation sites (N-methyl/N-ethyl adjacent to an activating group) is 1. The van der Waals surface area contributed by atoms with Crippen LogP contribution in [0.1, 0.15) is 17.3 Å². The number of hydrogen-bond donors (Lipinski definition) is 2. The Bertz CT molecular complexity index is 421. The second kappa shape index (κ2) is 6.20. The maximum atomic E-state index is 11.5. The predicted molar refractivity (Wildman–Crippen MR) is 71.6 cm³/mol. The molecular weight excluding hydrogens is 232 g/mol. The number of nitrogens with zero attached hydrogens (tertiary/aromatic N) is 2. The zero-order chi connectivity index (χ0) is 13.7. The van der Waals surface area contributed by atoms with Gasteiger partial charge in [0.05, 0.1) is 18.4 Å². The smallest absolute Gasteiger partial charge is 0.340 e. The average molecular weight is 252 g/mol. The number of hydrogen-bond acceptors (Lipinski definition) is 6.